The standard InChI is InChI=1S/C24H17ClN2O5/c25-17-7-9-18(10-8-17)27-22(29)19-11-6-16(12-20(19)23(27)30)24(31)32-14-21(28)26-13-15-4-2-1-3-5-15/h1-12H,13-14H2,(H,26,28). The third-order valence-corrected chi connectivity index (χ3v) is 5.13. The third kappa shape index (κ3) is 4.38. The summed E-state index contributed by atoms with van der Waals surface area (Å²) in [4.78, 5) is 50.8. The second kappa shape index (κ2) is 9.03. The van der Waals surface area contributed by atoms with Crippen LogP contribution in [-0.4, -0.2) is 30.3 Å². The molecule has 32 heavy (non-hydrogen) atoms. The minimum Gasteiger partial charge on any atom is -0.452 e. The van der Waals surface area contributed by atoms with E-state index in [-0.39, 0.29) is 16.7 Å². The Bertz CT molecular complexity index is 1210. The summed E-state index contributed by atoms with van der Waals surface area (Å²) in [6, 6.07) is 19.7. The van der Waals surface area contributed by atoms with Gasteiger partial charge in [-0.05, 0) is 48.0 Å². The zero-order valence-electron chi connectivity index (χ0n) is 16.7. The SMILES string of the molecule is O=C(COC(=O)c1ccc2c(c1)C(=O)N(c1ccc(Cl)cc1)C2=O)NCc1ccccc1. The van der Waals surface area contributed by atoms with Crippen molar-refractivity contribution in [3.05, 3.63) is 100 Å². The van der Waals surface area contributed by atoms with E-state index < -0.39 is 30.3 Å². The van der Waals surface area contributed by atoms with Gasteiger partial charge in [-0.2, -0.15) is 0 Å². The number of imide groups is 1. The van der Waals surface area contributed by atoms with Crippen LogP contribution in [0.3, 0.4) is 0 Å². The molecular weight excluding hydrogens is 432 g/mol. The van der Waals surface area contributed by atoms with Gasteiger partial charge in [0.1, 0.15) is 0 Å². The number of amides is 3. The molecule has 4 rings (SSSR count). The summed E-state index contributed by atoms with van der Waals surface area (Å²) in [7, 11) is 0. The number of hydrogen-bond donors (Lipinski definition) is 1. The van der Waals surface area contributed by atoms with Crippen LogP contribution >= 0.6 is 11.6 Å². The lowest BCUT2D eigenvalue weighted by atomic mass is 10.1. The van der Waals surface area contributed by atoms with Gasteiger partial charge < -0.3 is 10.1 Å². The molecule has 0 unspecified atom stereocenters. The molecule has 1 aliphatic rings. The van der Waals surface area contributed by atoms with Crippen LogP contribution in [0.25, 0.3) is 0 Å². The number of ether oxygens (including phenoxy) is 1. The van der Waals surface area contributed by atoms with Gasteiger partial charge in [-0.25, -0.2) is 9.69 Å². The van der Waals surface area contributed by atoms with E-state index in [1.165, 1.54) is 18.2 Å². The fourth-order valence-electron chi connectivity index (χ4n) is 3.25. The number of carbonyl (C=O) groups is 4. The lowest BCUT2D eigenvalue weighted by Crippen LogP contribution is -2.29. The number of hydrogen-bond acceptors (Lipinski definition) is 5. The Morgan fingerprint density at radius 1 is 0.875 bits per heavy atom. The highest BCUT2D eigenvalue weighted by Crippen LogP contribution is 2.30. The monoisotopic (exact) mass is 448 g/mol. The van der Waals surface area contributed by atoms with Crippen LogP contribution in [0.5, 0.6) is 0 Å². The molecule has 1 aliphatic heterocycles. The quantitative estimate of drug-likeness (QED) is 0.459. The molecule has 0 saturated carbocycles. The lowest BCUT2D eigenvalue weighted by Gasteiger charge is -2.13. The van der Waals surface area contributed by atoms with Crippen molar-refractivity contribution in [3.8, 4) is 0 Å². The molecule has 0 fully saturated rings. The highest BCUT2D eigenvalue weighted by atomic mass is 35.5. The highest BCUT2D eigenvalue weighted by molar-refractivity contribution is 6.35. The van der Waals surface area contributed by atoms with Gasteiger partial charge in [-0.1, -0.05) is 41.9 Å². The molecular formula is C24H17ClN2O5. The van der Waals surface area contributed by atoms with Crippen molar-refractivity contribution >= 4 is 41.0 Å². The lowest BCUT2D eigenvalue weighted by molar-refractivity contribution is -0.124. The second-order valence-electron chi connectivity index (χ2n) is 7.02. The molecule has 3 amide bonds. The molecule has 3 aromatic rings. The molecule has 8 heteroatoms. The number of halogens is 1. The molecule has 0 spiro atoms. The predicted octanol–water partition coefficient (Wildman–Crippen LogP) is 3.61. The van der Waals surface area contributed by atoms with Gasteiger partial charge in [-0.15, -0.1) is 0 Å². The summed E-state index contributed by atoms with van der Waals surface area (Å²) in [6.07, 6.45) is 0. The molecule has 7 nitrogen and oxygen atoms in total. The largest absolute Gasteiger partial charge is 0.452 e. The number of nitrogens with one attached hydrogen (secondary N) is 1. The van der Waals surface area contributed by atoms with E-state index >= 15 is 0 Å². The van der Waals surface area contributed by atoms with Crippen molar-refractivity contribution in [2.75, 3.05) is 11.5 Å². The maximum Gasteiger partial charge on any atom is 0.338 e. The maximum atomic E-state index is 12.8. The maximum absolute atomic E-state index is 12.8. The Morgan fingerprint density at radius 3 is 2.28 bits per heavy atom. The van der Waals surface area contributed by atoms with Crippen molar-refractivity contribution < 1.29 is 23.9 Å². The van der Waals surface area contributed by atoms with Crippen molar-refractivity contribution in [3.63, 3.8) is 0 Å². The van der Waals surface area contributed by atoms with Crippen LogP contribution in [0.4, 0.5) is 5.69 Å². The van der Waals surface area contributed by atoms with E-state index in [0.717, 1.165) is 10.5 Å². The number of esters is 1. The van der Waals surface area contributed by atoms with Gasteiger partial charge in [0.05, 0.1) is 22.4 Å². The van der Waals surface area contributed by atoms with Crippen molar-refractivity contribution in [2.45, 2.75) is 6.54 Å². The Balaban J connectivity index is 1.40. The van der Waals surface area contributed by atoms with Gasteiger partial charge in [0.25, 0.3) is 17.7 Å². The summed E-state index contributed by atoms with van der Waals surface area (Å²) in [5.74, 6) is -2.27. The van der Waals surface area contributed by atoms with Gasteiger partial charge in [0.15, 0.2) is 6.61 Å². The van der Waals surface area contributed by atoms with Crippen LogP contribution in [-0.2, 0) is 16.1 Å². The molecule has 0 bridgehead atoms. The first-order chi connectivity index (χ1) is 15.4. The number of carbonyl (C=O) groups excluding carboxylic acids is 4. The molecule has 0 aliphatic carbocycles. The van der Waals surface area contributed by atoms with Crippen LogP contribution in [0, 0.1) is 0 Å². The summed E-state index contributed by atoms with van der Waals surface area (Å²) in [6.45, 7) is -0.153. The normalized spacial score (nSPS) is 12.5. The molecule has 0 atom stereocenters. The number of benzene rings is 3. The first-order valence-electron chi connectivity index (χ1n) is 9.70. The van der Waals surface area contributed by atoms with E-state index in [2.05, 4.69) is 5.32 Å². The van der Waals surface area contributed by atoms with Gasteiger partial charge >= 0.3 is 5.97 Å². The van der Waals surface area contributed by atoms with Gasteiger partial charge in [-0.3, -0.25) is 14.4 Å². The van der Waals surface area contributed by atoms with E-state index in [9.17, 15) is 19.2 Å². The zero-order chi connectivity index (χ0) is 22.7. The molecule has 3 aromatic carbocycles. The van der Waals surface area contributed by atoms with Gasteiger partial charge in [0, 0.05) is 11.6 Å². The smallest absolute Gasteiger partial charge is 0.338 e. The first-order valence-corrected chi connectivity index (χ1v) is 10.1. The van der Waals surface area contributed by atoms with E-state index in [1.807, 2.05) is 30.3 Å². The Labute approximate surface area is 188 Å². The molecule has 1 heterocycles. The fourth-order valence-corrected chi connectivity index (χ4v) is 3.38. The van der Waals surface area contributed by atoms with Crippen LogP contribution in [0.2, 0.25) is 5.02 Å². The fraction of sp³-hybridized carbons (Fsp3) is 0.0833. The third-order valence-electron chi connectivity index (χ3n) is 4.87. The van der Waals surface area contributed by atoms with E-state index in [1.54, 1.807) is 24.3 Å². The minimum absolute atomic E-state index is 0.0683. The molecule has 0 saturated heterocycles. The van der Waals surface area contributed by atoms with Crippen LogP contribution in [0.1, 0.15) is 36.6 Å². The Morgan fingerprint density at radius 2 is 1.56 bits per heavy atom. The van der Waals surface area contributed by atoms with E-state index in [4.69, 9.17) is 16.3 Å². The number of rotatable bonds is 6. The van der Waals surface area contributed by atoms with Gasteiger partial charge in [0.2, 0.25) is 0 Å². The van der Waals surface area contributed by atoms with Crippen molar-refractivity contribution in [1.29, 1.82) is 0 Å². The van der Waals surface area contributed by atoms with Crippen molar-refractivity contribution in [2.24, 2.45) is 0 Å². The number of nitrogens with zero attached hydrogens (tertiary/aromatic N) is 1. The summed E-state index contributed by atoms with van der Waals surface area (Å²) in [5.41, 5.74) is 1.63. The summed E-state index contributed by atoms with van der Waals surface area (Å²) >= 11 is 5.87. The second-order valence-corrected chi connectivity index (χ2v) is 7.46. The predicted molar refractivity (Wildman–Crippen MR) is 118 cm³/mol. The molecule has 0 radical (unpaired) electrons. The van der Waals surface area contributed by atoms with Crippen LogP contribution in [0.15, 0.2) is 72.8 Å². The Hall–Kier alpha value is -3.97. The molecule has 160 valence electrons. The first kappa shape index (κ1) is 21.3. The van der Waals surface area contributed by atoms with Crippen LogP contribution < -0.4 is 10.2 Å². The zero-order valence-corrected chi connectivity index (χ0v) is 17.5. The Kier molecular flexibility index (Phi) is 6.00. The highest BCUT2D eigenvalue weighted by Gasteiger charge is 2.37. The minimum atomic E-state index is -0.771. The average molecular weight is 449 g/mol. The average Bonchev–Trinajstić information content (AvgIpc) is 3.07. The molecule has 0 aromatic heterocycles. The summed E-state index contributed by atoms with van der Waals surface area (Å²) in [5, 5.41) is 3.13. The topological polar surface area (TPSA) is 92.8 Å². The van der Waals surface area contributed by atoms with Crippen molar-refractivity contribution in [1.82, 2.24) is 5.32 Å². The number of anilines is 1. The summed E-state index contributed by atoms with van der Waals surface area (Å²) < 4.78 is 5.05. The molecule has 1 N–H and O–H groups in total. The van der Waals surface area contributed by atoms with E-state index in [0.29, 0.717) is 17.3 Å². The number of fused-ring (bicyclic) bond motifs is 1.